The highest BCUT2D eigenvalue weighted by Crippen LogP contribution is 2.33. The van der Waals surface area contributed by atoms with E-state index >= 15 is 0 Å². The highest BCUT2D eigenvalue weighted by atomic mass is 19.2. The van der Waals surface area contributed by atoms with Crippen molar-refractivity contribution < 1.29 is 22.3 Å². The maximum absolute atomic E-state index is 14.6. The molecule has 0 heterocycles. The lowest BCUT2D eigenvalue weighted by Crippen LogP contribution is -1.92. The van der Waals surface area contributed by atoms with Crippen molar-refractivity contribution >= 4 is 11.7 Å². The van der Waals surface area contributed by atoms with E-state index in [-0.39, 0.29) is 11.3 Å². The van der Waals surface area contributed by atoms with Crippen LogP contribution < -0.4 is 4.74 Å². The summed E-state index contributed by atoms with van der Waals surface area (Å²) in [6.07, 6.45) is 2.00. The first-order valence-corrected chi connectivity index (χ1v) is 9.27. The molecule has 1 nitrogen and oxygen atoms in total. The van der Waals surface area contributed by atoms with Gasteiger partial charge < -0.3 is 4.74 Å². The van der Waals surface area contributed by atoms with Crippen molar-refractivity contribution in [3.8, 4) is 16.9 Å². The van der Waals surface area contributed by atoms with Crippen LogP contribution in [0.15, 0.2) is 66.7 Å². The van der Waals surface area contributed by atoms with Gasteiger partial charge in [0.2, 0.25) is 6.86 Å². The molecule has 0 saturated carbocycles. The minimum Gasteiger partial charge on any atom is -0.463 e. The van der Waals surface area contributed by atoms with Gasteiger partial charge in [0, 0.05) is 11.1 Å². The Kier molecular flexibility index (Phi) is 6.70. The maximum Gasteiger partial charge on any atom is 0.228 e. The largest absolute Gasteiger partial charge is 0.463 e. The Morgan fingerprint density at radius 1 is 0.828 bits per heavy atom. The molecule has 0 radical (unpaired) electrons. The highest BCUT2D eigenvalue weighted by Gasteiger charge is 2.16. The van der Waals surface area contributed by atoms with Gasteiger partial charge in [-0.3, -0.25) is 0 Å². The molecule has 0 unspecified atom stereocenters. The van der Waals surface area contributed by atoms with Crippen LogP contribution >= 0.6 is 0 Å². The molecular formula is C24H20F4O. The van der Waals surface area contributed by atoms with Crippen LogP contribution in [-0.4, -0.2) is 6.86 Å². The van der Waals surface area contributed by atoms with E-state index in [1.54, 1.807) is 6.07 Å². The van der Waals surface area contributed by atoms with E-state index in [0.717, 1.165) is 18.4 Å². The van der Waals surface area contributed by atoms with Gasteiger partial charge in [-0.15, -0.1) is 0 Å². The summed E-state index contributed by atoms with van der Waals surface area (Å²) in [6, 6.07) is 16.8. The normalized spacial score (nSPS) is 11.9. The molecule has 0 bridgehead atoms. The number of hydrogen-bond donors (Lipinski definition) is 0. The average Bonchev–Trinajstić information content (AvgIpc) is 2.74. The molecule has 29 heavy (non-hydrogen) atoms. The van der Waals surface area contributed by atoms with Crippen molar-refractivity contribution in [2.75, 3.05) is 6.86 Å². The van der Waals surface area contributed by atoms with Gasteiger partial charge in [-0.1, -0.05) is 43.7 Å². The van der Waals surface area contributed by atoms with E-state index in [0.29, 0.717) is 5.56 Å². The zero-order chi connectivity index (χ0) is 20.8. The Bertz CT molecular complexity index is 992. The Hall–Kier alpha value is -3.08. The second-order valence-electron chi connectivity index (χ2n) is 6.55. The Balaban J connectivity index is 1.87. The zero-order valence-electron chi connectivity index (χ0n) is 15.9. The molecule has 0 aliphatic carbocycles. The number of halogens is 4. The molecule has 0 aromatic heterocycles. The van der Waals surface area contributed by atoms with Gasteiger partial charge in [0.1, 0.15) is 11.6 Å². The first-order valence-electron chi connectivity index (χ1n) is 9.27. The van der Waals surface area contributed by atoms with Crippen LogP contribution in [0.25, 0.3) is 22.8 Å². The number of benzene rings is 3. The van der Waals surface area contributed by atoms with Crippen LogP contribution in [0.4, 0.5) is 17.6 Å². The van der Waals surface area contributed by atoms with Gasteiger partial charge in [0.25, 0.3) is 0 Å². The van der Waals surface area contributed by atoms with Crippen LogP contribution in [0.1, 0.15) is 30.0 Å². The number of alkyl halides is 1. The third-order valence-corrected chi connectivity index (χ3v) is 4.55. The van der Waals surface area contributed by atoms with Crippen LogP contribution in [0.2, 0.25) is 0 Å². The number of ether oxygens (including phenoxy) is 1. The lowest BCUT2D eigenvalue weighted by atomic mass is 10.00. The maximum atomic E-state index is 14.6. The van der Waals surface area contributed by atoms with Crippen molar-refractivity contribution in [1.82, 2.24) is 0 Å². The predicted octanol–water partition coefficient (Wildman–Crippen LogP) is 7.52. The van der Waals surface area contributed by atoms with E-state index < -0.39 is 29.9 Å². The molecular weight excluding hydrogens is 380 g/mol. The summed E-state index contributed by atoms with van der Waals surface area (Å²) in [5.74, 6) is -3.17. The molecule has 0 atom stereocenters. The first-order chi connectivity index (χ1) is 14.0. The van der Waals surface area contributed by atoms with E-state index in [9.17, 15) is 17.6 Å². The number of rotatable bonds is 7. The average molecular weight is 400 g/mol. The predicted molar refractivity (Wildman–Crippen MR) is 108 cm³/mol. The van der Waals surface area contributed by atoms with Gasteiger partial charge >= 0.3 is 0 Å². The van der Waals surface area contributed by atoms with Crippen molar-refractivity contribution in [2.24, 2.45) is 0 Å². The lowest BCUT2D eigenvalue weighted by Gasteiger charge is -2.08. The summed E-state index contributed by atoms with van der Waals surface area (Å²) in [5, 5.41) is 0. The first kappa shape index (κ1) is 20.6. The van der Waals surface area contributed by atoms with Gasteiger partial charge in [0.05, 0.1) is 0 Å². The molecule has 0 amide bonds. The van der Waals surface area contributed by atoms with E-state index in [2.05, 4.69) is 11.7 Å². The molecule has 5 heteroatoms. The quantitative estimate of drug-likeness (QED) is 0.294. The summed E-state index contributed by atoms with van der Waals surface area (Å²) >= 11 is 0. The molecule has 3 rings (SSSR count). The van der Waals surface area contributed by atoms with Crippen molar-refractivity contribution in [3.63, 3.8) is 0 Å². The second kappa shape index (κ2) is 9.41. The second-order valence-corrected chi connectivity index (χ2v) is 6.55. The van der Waals surface area contributed by atoms with Crippen molar-refractivity contribution in [2.45, 2.75) is 19.8 Å². The molecule has 0 aliphatic heterocycles. The number of aryl methyl sites for hydroxylation is 1. The van der Waals surface area contributed by atoms with E-state index in [1.165, 1.54) is 42.0 Å². The fraction of sp³-hybridized carbons (Fsp3) is 0.167. The Labute approximate surface area is 167 Å². The van der Waals surface area contributed by atoms with Gasteiger partial charge in [-0.05, 0) is 59.5 Å². The van der Waals surface area contributed by atoms with Gasteiger partial charge in [0.15, 0.2) is 11.7 Å². The van der Waals surface area contributed by atoms with E-state index in [1.807, 2.05) is 24.3 Å². The fourth-order valence-electron chi connectivity index (χ4n) is 3.03. The summed E-state index contributed by atoms with van der Waals surface area (Å²) in [6.45, 7) is 1.07. The standard InChI is InChI=1S/C24H20F4O/c1-2-3-16-4-6-17(7-5-16)19-10-13-21(22(26)14-19)24(28)23(27)18-8-11-20(12-9-18)29-15-25/h4-14H,2-3,15H2,1H3/b24-23+. The van der Waals surface area contributed by atoms with Gasteiger partial charge in [-0.2, -0.15) is 0 Å². The molecule has 0 fully saturated rings. The van der Waals surface area contributed by atoms with Gasteiger partial charge in [-0.25, -0.2) is 17.6 Å². The van der Waals surface area contributed by atoms with Crippen LogP contribution in [0.3, 0.4) is 0 Å². The third-order valence-electron chi connectivity index (χ3n) is 4.55. The molecule has 3 aromatic carbocycles. The molecule has 0 saturated heterocycles. The van der Waals surface area contributed by atoms with Crippen LogP contribution in [0.5, 0.6) is 5.75 Å². The summed E-state index contributed by atoms with van der Waals surface area (Å²) in [5.41, 5.74) is 2.01. The minimum absolute atomic E-state index is 0.0938. The molecule has 0 aliphatic rings. The summed E-state index contributed by atoms with van der Waals surface area (Å²) in [4.78, 5) is 0. The molecule has 150 valence electrons. The summed E-state index contributed by atoms with van der Waals surface area (Å²) in [7, 11) is 0. The smallest absolute Gasteiger partial charge is 0.228 e. The highest BCUT2D eigenvalue weighted by molar-refractivity contribution is 5.84. The minimum atomic E-state index is -1.30. The van der Waals surface area contributed by atoms with Crippen molar-refractivity contribution in [1.29, 1.82) is 0 Å². The summed E-state index contributed by atoms with van der Waals surface area (Å²) < 4.78 is 60.3. The Morgan fingerprint density at radius 3 is 2.07 bits per heavy atom. The van der Waals surface area contributed by atoms with Crippen molar-refractivity contribution in [3.05, 3.63) is 89.2 Å². The SMILES string of the molecule is CCCc1ccc(-c2ccc(/C(F)=C(\F)c3ccc(OCF)cc3)c(F)c2)cc1. The third kappa shape index (κ3) is 4.86. The number of hydrogen-bond acceptors (Lipinski definition) is 1. The zero-order valence-corrected chi connectivity index (χ0v) is 15.9. The monoisotopic (exact) mass is 400 g/mol. The lowest BCUT2D eigenvalue weighted by molar-refractivity contribution is 0.192. The topological polar surface area (TPSA) is 9.23 Å². The molecule has 0 N–H and O–H groups in total. The fourth-order valence-corrected chi connectivity index (χ4v) is 3.03. The van der Waals surface area contributed by atoms with Crippen LogP contribution in [-0.2, 0) is 6.42 Å². The molecule has 0 spiro atoms. The van der Waals surface area contributed by atoms with E-state index in [4.69, 9.17) is 0 Å². The Morgan fingerprint density at radius 2 is 1.48 bits per heavy atom. The molecule has 3 aromatic rings. The van der Waals surface area contributed by atoms with Crippen LogP contribution in [0, 0.1) is 5.82 Å².